The third-order valence-electron chi connectivity index (χ3n) is 4.64. The predicted octanol–water partition coefficient (Wildman–Crippen LogP) is 4.31. The Bertz CT molecular complexity index is 904. The average Bonchev–Trinajstić information content (AvgIpc) is 3.27. The van der Waals surface area contributed by atoms with Crippen LogP contribution in [0.5, 0.6) is 5.75 Å². The van der Waals surface area contributed by atoms with Crippen LogP contribution in [0.2, 0.25) is 0 Å². The molecule has 4 rings (SSSR count). The van der Waals surface area contributed by atoms with Gasteiger partial charge in [-0.1, -0.05) is 12.1 Å². The van der Waals surface area contributed by atoms with Crippen LogP contribution in [0.15, 0.2) is 46.9 Å². The van der Waals surface area contributed by atoms with Gasteiger partial charge in [0.15, 0.2) is 0 Å². The van der Waals surface area contributed by atoms with Crippen LogP contribution in [0.3, 0.4) is 0 Å². The first-order valence-electron chi connectivity index (χ1n) is 8.26. The zero-order chi connectivity index (χ0) is 17.4. The van der Waals surface area contributed by atoms with Crippen LogP contribution < -0.4 is 4.74 Å². The molecule has 1 aliphatic rings. The molecule has 1 aliphatic heterocycles. The molecule has 1 saturated heterocycles. The predicted molar refractivity (Wildman–Crippen MR) is 99.8 cm³/mol. The topological polar surface area (TPSA) is 58.2 Å². The number of aromatic amines is 1. The lowest BCUT2D eigenvalue weighted by Gasteiger charge is -2.23. The molecule has 2 heterocycles. The highest BCUT2D eigenvalue weighted by atomic mass is 79.9. The van der Waals surface area contributed by atoms with E-state index < -0.39 is 0 Å². The second-order valence-electron chi connectivity index (χ2n) is 6.15. The molecule has 1 amide bonds. The number of benzene rings is 2. The van der Waals surface area contributed by atoms with Crippen molar-refractivity contribution in [3.8, 4) is 5.75 Å². The molecule has 1 atom stereocenters. The molecule has 3 aromatic rings. The maximum absolute atomic E-state index is 13.0. The van der Waals surface area contributed by atoms with Gasteiger partial charge in [0.1, 0.15) is 11.6 Å². The summed E-state index contributed by atoms with van der Waals surface area (Å²) in [5.41, 5.74) is 2.59. The summed E-state index contributed by atoms with van der Waals surface area (Å²) >= 11 is 3.45. The van der Waals surface area contributed by atoms with Gasteiger partial charge in [-0.15, -0.1) is 0 Å². The van der Waals surface area contributed by atoms with Gasteiger partial charge in [0, 0.05) is 12.1 Å². The Morgan fingerprint density at radius 1 is 1.32 bits per heavy atom. The molecular formula is C19H18BrN3O2. The van der Waals surface area contributed by atoms with Crippen molar-refractivity contribution in [1.29, 1.82) is 0 Å². The number of rotatable bonds is 3. The number of imidazole rings is 1. The summed E-state index contributed by atoms with van der Waals surface area (Å²) < 4.78 is 6.02. The van der Waals surface area contributed by atoms with Crippen molar-refractivity contribution in [2.75, 3.05) is 13.7 Å². The summed E-state index contributed by atoms with van der Waals surface area (Å²) in [6, 6.07) is 13.4. The molecule has 1 N–H and O–H groups in total. The maximum atomic E-state index is 13.0. The van der Waals surface area contributed by atoms with Crippen LogP contribution >= 0.6 is 15.9 Å². The lowest BCUT2D eigenvalue weighted by molar-refractivity contribution is 0.0730. The highest BCUT2D eigenvalue weighted by Crippen LogP contribution is 2.34. The Kier molecular flexibility index (Phi) is 4.21. The monoisotopic (exact) mass is 399 g/mol. The third-order valence-corrected chi connectivity index (χ3v) is 5.26. The van der Waals surface area contributed by atoms with Gasteiger partial charge < -0.3 is 14.6 Å². The van der Waals surface area contributed by atoms with Crippen LogP contribution in [0.25, 0.3) is 11.0 Å². The Labute approximate surface area is 154 Å². The van der Waals surface area contributed by atoms with Gasteiger partial charge in [-0.2, -0.15) is 0 Å². The molecule has 0 radical (unpaired) electrons. The van der Waals surface area contributed by atoms with Gasteiger partial charge >= 0.3 is 0 Å². The molecule has 6 heteroatoms. The normalized spacial score (nSPS) is 17.2. The van der Waals surface area contributed by atoms with Crippen molar-refractivity contribution < 1.29 is 9.53 Å². The standard InChI is InChI=1S/C19H18BrN3O2/c1-25-17-9-8-12(11-13(17)20)19(24)23-10-4-7-16(23)18-21-14-5-2-3-6-15(14)22-18/h2-3,5-6,8-9,11,16H,4,7,10H2,1H3,(H,21,22). The van der Waals surface area contributed by atoms with E-state index in [9.17, 15) is 4.79 Å². The fourth-order valence-corrected chi connectivity index (χ4v) is 3.93. The van der Waals surface area contributed by atoms with Gasteiger partial charge in [0.05, 0.1) is 28.7 Å². The molecule has 0 saturated carbocycles. The van der Waals surface area contributed by atoms with E-state index in [2.05, 4.69) is 25.9 Å². The highest BCUT2D eigenvalue weighted by molar-refractivity contribution is 9.10. The van der Waals surface area contributed by atoms with Crippen LogP contribution in [0.4, 0.5) is 0 Å². The number of halogens is 1. The molecule has 2 aromatic carbocycles. The summed E-state index contributed by atoms with van der Waals surface area (Å²) in [5, 5.41) is 0. The van der Waals surface area contributed by atoms with Crippen molar-refractivity contribution >= 4 is 32.9 Å². The molecule has 0 aliphatic carbocycles. The quantitative estimate of drug-likeness (QED) is 0.713. The van der Waals surface area contributed by atoms with Crippen molar-refractivity contribution in [2.24, 2.45) is 0 Å². The first kappa shape index (κ1) is 16.1. The number of nitrogens with zero attached hydrogens (tertiary/aromatic N) is 2. The van der Waals surface area contributed by atoms with Crippen LogP contribution in [-0.4, -0.2) is 34.4 Å². The Balaban J connectivity index is 1.64. The summed E-state index contributed by atoms with van der Waals surface area (Å²) in [6.07, 6.45) is 1.90. The number of likely N-dealkylation sites (tertiary alicyclic amines) is 1. The minimum absolute atomic E-state index is 0.0132. The smallest absolute Gasteiger partial charge is 0.254 e. The number of amides is 1. The summed E-state index contributed by atoms with van der Waals surface area (Å²) in [6.45, 7) is 0.740. The van der Waals surface area contributed by atoms with Gasteiger partial charge in [0.2, 0.25) is 0 Å². The van der Waals surface area contributed by atoms with E-state index in [4.69, 9.17) is 4.74 Å². The van der Waals surface area contributed by atoms with Crippen molar-refractivity contribution in [2.45, 2.75) is 18.9 Å². The molecule has 128 valence electrons. The van der Waals surface area contributed by atoms with Crippen molar-refractivity contribution in [3.63, 3.8) is 0 Å². The second-order valence-corrected chi connectivity index (χ2v) is 7.00. The molecule has 1 aromatic heterocycles. The first-order valence-corrected chi connectivity index (χ1v) is 9.06. The molecular weight excluding hydrogens is 382 g/mol. The number of carbonyl (C=O) groups excluding carboxylic acids is 1. The fourth-order valence-electron chi connectivity index (χ4n) is 3.39. The van der Waals surface area contributed by atoms with Crippen LogP contribution in [0.1, 0.15) is 35.1 Å². The van der Waals surface area contributed by atoms with Crippen LogP contribution in [0, 0.1) is 0 Å². The van der Waals surface area contributed by atoms with Crippen molar-refractivity contribution in [3.05, 3.63) is 58.3 Å². The zero-order valence-electron chi connectivity index (χ0n) is 13.8. The molecule has 1 unspecified atom stereocenters. The Hall–Kier alpha value is -2.34. The van der Waals surface area contributed by atoms with Gasteiger partial charge in [-0.3, -0.25) is 4.79 Å². The number of fused-ring (bicyclic) bond motifs is 1. The SMILES string of the molecule is COc1ccc(C(=O)N2CCCC2c2nc3ccccc3[nH]2)cc1Br. The summed E-state index contributed by atoms with van der Waals surface area (Å²) in [7, 11) is 1.61. The largest absolute Gasteiger partial charge is 0.496 e. The molecule has 5 nitrogen and oxygen atoms in total. The number of nitrogens with one attached hydrogen (secondary N) is 1. The van der Waals surface area contributed by atoms with E-state index >= 15 is 0 Å². The van der Waals surface area contributed by atoms with E-state index in [1.165, 1.54) is 0 Å². The lowest BCUT2D eigenvalue weighted by Crippen LogP contribution is -2.31. The third kappa shape index (κ3) is 2.91. The number of hydrogen-bond acceptors (Lipinski definition) is 3. The minimum Gasteiger partial charge on any atom is -0.496 e. The number of hydrogen-bond donors (Lipinski definition) is 1. The number of carbonyl (C=O) groups is 1. The average molecular weight is 400 g/mol. The second kappa shape index (κ2) is 6.52. The number of methoxy groups -OCH3 is 1. The van der Waals surface area contributed by atoms with E-state index in [1.54, 1.807) is 13.2 Å². The summed E-state index contributed by atoms with van der Waals surface area (Å²) in [5.74, 6) is 1.60. The highest BCUT2D eigenvalue weighted by Gasteiger charge is 2.32. The fraction of sp³-hybridized carbons (Fsp3) is 0.263. The Morgan fingerprint density at radius 3 is 2.92 bits per heavy atom. The lowest BCUT2D eigenvalue weighted by atomic mass is 10.1. The molecule has 0 spiro atoms. The maximum Gasteiger partial charge on any atom is 0.254 e. The van der Waals surface area contributed by atoms with Crippen molar-refractivity contribution in [1.82, 2.24) is 14.9 Å². The molecule has 25 heavy (non-hydrogen) atoms. The van der Waals surface area contributed by atoms with Gasteiger partial charge in [-0.25, -0.2) is 4.98 Å². The van der Waals surface area contributed by atoms with E-state index in [1.807, 2.05) is 41.3 Å². The number of ether oxygens (including phenoxy) is 1. The minimum atomic E-state index is -0.0132. The summed E-state index contributed by atoms with van der Waals surface area (Å²) in [4.78, 5) is 23.0. The molecule has 0 bridgehead atoms. The number of aromatic nitrogens is 2. The van der Waals surface area contributed by atoms with E-state index in [0.29, 0.717) is 11.3 Å². The van der Waals surface area contributed by atoms with E-state index in [-0.39, 0.29) is 11.9 Å². The van der Waals surface area contributed by atoms with Crippen LogP contribution in [-0.2, 0) is 0 Å². The number of H-pyrrole nitrogens is 1. The van der Waals surface area contributed by atoms with Gasteiger partial charge in [0.25, 0.3) is 5.91 Å². The first-order chi connectivity index (χ1) is 12.2. The molecule has 1 fully saturated rings. The zero-order valence-corrected chi connectivity index (χ0v) is 15.4. The van der Waals surface area contributed by atoms with E-state index in [0.717, 1.165) is 40.7 Å². The van der Waals surface area contributed by atoms with Gasteiger partial charge in [-0.05, 0) is 59.1 Å². The Morgan fingerprint density at radius 2 is 2.16 bits per heavy atom. The number of para-hydroxylation sites is 2.